The van der Waals surface area contributed by atoms with Crippen molar-refractivity contribution < 1.29 is 14.3 Å². The van der Waals surface area contributed by atoms with Gasteiger partial charge in [0, 0.05) is 18.0 Å². The topological polar surface area (TPSA) is 131 Å². The third-order valence-corrected chi connectivity index (χ3v) is 8.02. The maximum Gasteiger partial charge on any atom is 0.224 e. The molecule has 12 heteroatoms. The zero-order valence-electron chi connectivity index (χ0n) is 20.5. The number of nitrogens with two attached hydrogens (primary N) is 1. The first-order chi connectivity index (χ1) is 17.6. The number of halogens is 3. The standard InChI is InChI=1S/C25H30Cl2FN7O2/c1-25(37)8-2-3-15(11-25)31-23-30-12-19-22(34-23)35(16-6-4-13(5-7-16)21(29)36)24(32-19)33-20-17(26)9-14(28)10-18(20)27/h9-10,12-13,15-16,37H,2-8,11H2,1H3,(H2,29,36)(H,32,33)(H,30,31,34)/t13?,15-,16?,25-/m0/s1. The van der Waals surface area contributed by atoms with E-state index in [1.165, 1.54) is 12.1 Å². The van der Waals surface area contributed by atoms with E-state index in [0.717, 1.165) is 19.3 Å². The van der Waals surface area contributed by atoms with Gasteiger partial charge < -0.3 is 21.5 Å². The third-order valence-electron chi connectivity index (χ3n) is 7.43. The molecule has 2 aliphatic carbocycles. The number of aromatic nitrogens is 4. The number of benzene rings is 1. The molecule has 0 radical (unpaired) electrons. The molecule has 0 spiro atoms. The van der Waals surface area contributed by atoms with Gasteiger partial charge in [-0.2, -0.15) is 4.98 Å². The molecule has 2 heterocycles. The van der Waals surface area contributed by atoms with Gasteiger partial charge in [-0.3, -0.25) is 9.36 Å². The van der Waals surface area contributed by atoms with Crippen molar-refractivity contribution in [2.45, 2.75) is 76.0 Å². The SMILES string of the molecule is C[C@]1(O)CCC[C@H](Nc2ncc3nc(Nc4c(Cl)cc(F)cc4Cl)n(C4CCC(C(N)=O)CC4)c3n2)C1. The lowest BCUT2D eigenvalue weighted by Gasteiger charge is -2.34. The van der Waals surface area contributed by atoms with Crippen molar-refractivity contribution in [2.24, 2.45) is 11.7 Å². The maximum atomic E-state index is 13.8. The van der Waals surface area contributed by atoms with E-state index in [1.54, 1.807) is 6.20 Å². The molecule has 2 fully saturated rings. The molecular formula is C25H30Cl2FN7O2. The summed E-state index contributed by atoms with van der Waals surface area (Å²) in [5, 5.41) is 17.3. The Balaban J connectivity index is 1.51. The summed E-state index contributed by atoms with van der Waals surface area (Å²) in [7, 11) is 0. The van der Waals surface area contributed by atoms with Gasteiger partial charge in [0.15, 0.2) is 5.65 Å². The first kappa shape index (κ1) is 25.9. The Morgan fingerprint density at radius 1 is 1.19 bits per heavy atom. The molecule has 9 nitrogen and oxygen atoms in total. The molecule has 0 bridgehead atoms. The lowest BCUT2D eigenvalue weighted by Crippen LogP contribution is -2.38. The number of anilines is 3. The number of fused-ring (bicyclic) bond motifs is 1. The molecule has 37 heavy (non-hydrogen) atoms. The molecular weight excluding hydrogens is 520 g/mol. The van der Waals surface area contributed by atoms with Crippen LogP contribution in [-0.4, -0.2) is 42.2 Å². The molecule has 3 aromatic rings. The van der Waals surface area contributed by atoms with E-state index < -0.39 is 11.4 Å². The molecule has 0 unspecified atom stereocenters. The number of aliphatic hydroxyl groups is 1. The molecule has 2 atom stereocenters. The van der Waals surface area contributed by atoms with Crippen LogP contribution in [0.4, 0.5) is 22.0 Å². The summed E-state index contributed by atoms with van der Waals surface area (Å²) in [6, 6.07) is 2.40. The summed E-state index contributed by atoms with van der Waals surface area (Å²) < 4.78 is 15.8. The van der Waals surface area contributed by atoms with E-state index >= 15 is 0 Å². The minimum atomic E-state index is -0.717. The van der Waals surface area contributed by atoms with E-state index in [2.05, 4.69) is 15.6 Å². The van der Waals surface area contributed by atoms with Crippen molar-refractivity contribution in [1.29, 1.82) is 0 Å². The highest BCUT2D eigenvalue weighted by atomic mass is 35.5. The minimum absolute atomic E-state index is 0.0146. The van der Waals surface area contributed by atoms with Gasteiger partial charge in [0.05, 0.1) is 27.5 Å². The summed E-state index contributed by atoms with van der Waals surface area (Å²) in [6.45, 7) is 1.85. The Morgan fingerprint density at radius 3 is 2.54 bits per heavy atom. The highest BCUT2D eigenvalue weighted by Gasteiger charge is 2.32. The average molecular weight is 550 g/mol. The van der Waals surface area contributed by atoms with E-state index in [-0.39, 0.29) is 34.0 Å². The van der Waals surface area contributed by atoms with Gasteiger partial charge in [0.2, 0.25) is 17.8 Å². The van der Waals surface area contributed by atoms with E-state index in [4.69, 9.17) is 38.9 Å². The fourth-order valence-electron chi connectivity index (χ4n) is 5.56. The molecule has 2 saturated carbocycles. The molecule has 5 N–H and O–H groups in total. The summed E-state index contributed by atoms with van der Waals surface area (Å²) >= 11 is 12.6. The summed E-state index contributed by atoms with van der Waals surface area (Å²) in [6.07, 6.45) is 7.59. The van der Waals surface area contributed by atoms with Crippen LogP contribution in [0.25, 0.3) is 11.2 Å². The molecule has 2 aromatic heterocycles. The van der Waals surface area contributed by atoms with Crippen LogP contribution in [0.15, 0.2) is 18.3 Å². The lowest BCUT2D eigenvalue weighted by atomic mass is 9.83. The number of nitrogens with zero attached hydrogens (tertiary/aromatic N) is 4. The number of carbonyl (C=O) groups is 1. The van der Waals surface area contributed by atoms with E-state index in [9.17, 15) is 14.3 Å². The van der Waals surface area contributed by atoms with Crippen molar-refractivity contribution in [1.82, 2.24) is 19.5 Å². The van der Waals surface area contributed by atoms with Crippen molar-refractivity contribution in [3.05, 3.63) is 34.2 Å². The first-order valence-corrected chi connectivity index (χ1v) is 13.3. The highest BCUT2D eigenvalue weighted by Crippen LogP contribution is 2.39. The van der Waals surface area contributed by atoms with Gasteiger partial charge >= 0.3 is 0 Å². The van der Waals surface area contributed by atoms with Gasteiger partial charge in [-0.05, 0) is 70.4 Å². The number of rotatable bonds is 6. The number of primary amides is 1. The number of amides is 1. The quantitative estimate of drug-likeness (QED) is 0.326. The summed E-state index contributed by atoms with van der Waals surface area (Å²) in [5.74, 6) is -0.0858. The van der Waals surface area contributed by atoms with Crippen LogP contribution in [0.5, 0.6) is 0 Å². The Hall–Kier alpha value is -2.69. The molecule has 0 aliphatic heterocycles. The van der Waals surface area contributed by atoms with Crippen LogP contribution < -0.4 is 16.4 Å². The normalized spacial score (nSPS) is 26.2. The second-order valence-electron chi connectivity index (χ2n) is 10.4. The Kier molecular flexibility index (Phi) is 7.17. The second-order valence-corrected chi connectivity index (χ2v) is 11.2. The number of imidazole rings is 1. The smallest absolute Gasteiger partial charge is 0.224 e. The first-order valence-electron chi connectivity index (χ1n) is 12.5. The van der Waals surface area contributed by atoms with Gasteiger partial charge in [-0.25, -0.2) is 14.4 Å². The maximum absolute atomic E-state index is 13.8. The number of hydrogen-bond acceptors (Lipinski definition) is 7. The van der Waals surface area contributed by atoms with Crippen LogP contribution in [0.3, 0.4) is 0 Å². The molecule has 1 aromatic carbocycles. The van der Waals surface area contributed by atoms with Crippen molar-refractivity contribution in [3.63, 3.8) is 0 Å². The zero-order valence-corrected chi connectivity index (χ0v) is 22.0. The fourth-order valence-corrected chi connectivity index (χ4v) is 6.11. The molecule has 2 aliphatic rings. The molecule has 0 saturated heterocycles. The molecule has 198 valence electrons. The fraction of sp³-hybridized carbons (Fsp3) is 0.520. The predicted molar refractivity (Wildman–Crippen MR) is 142 cm³/mol. The van der Waals surface area contributed by atoms with Gasteiger partial charge in [0.1, 0.15) is 11.3 Å². The third kappa shape index (κ3) is 5.61. The van der Waals surface area contributed by atoms with Gasteiger partial charge in [-0.1, -0.05) is 23.2 Å². The minimum Gasteiger partial charge on any atom is -0.390 e. The van der Waals surface area contributed by atoms with E-state index in [0.29, 0.717) is 60.9 Å². The summed E-state index contributed by atoms with van der Waals surface area (Å²) in [4.78, 5) is 25.7. The number of carbonyl (C=O) groups excluding carboxylic acids is 1. The van der Waals surface area contributed by atoms with Gasteiger partial charge in [-0.15, -0.1) is 0 Å². The van der Waals surface area contributed by atoms with Crippen LogP contribution in [0.1, 0.15) is 64.3 Å². The van der Waals surface area contributed by atoms with E-state index in [1.807, 2.05) is 11.5 Å². The monoisotopic (exact) mass is 549 g/mol. The van der Waals surface area contributed by atoms with Crippen LogP contribution in [-0.2, 0) is 4.79 Å². The Labute approximate surface area is 224 Å². The largest absolute Gasteiger partial charge is 0.390 e. The summed E-state index contributed by atoms with van der Waals surface area (Å²) in [5.41, 5.74) is 6.34. The highest BCUT2D eigenvalue weighted by molar-refractivity contribution is 6.39. The Bertz CT molecular complexity index is 1300. The zero-order chi connectivity index (χ0) is 26.3. The lowest BCUT2D eigenvalue weighted by molar-refractivity contribution is -0.122. The number of nitrogens with one attached hydrogen (secondary N) is 2. The van der Waals surface area contributed by atoms with Crippen LogP contribution >= 0.6 is 23.2 Å². The molecule has 5 rings (SSSR count). The molecule has 1 amide bonds. The van der Waals surface area contributed by atoms with Crippen molar-refractivity contribution in [2.75, 3.05) is 10.6 Å². The second kappa shape index (κ2) is 10.2. The average Bonchev–Trinajstić information content (AvgIpc) is 3.18. The predicted octanol–water partition coefficient (Wildman–Crippen LogP) is 5.34. The van der Waals surface area contributed by atoms with Crippen LogP contribution in [0, 0.1) is 11.7 Å². The number of hydrogen-bond donors (Lipinski definition) is 4. The van der Waals surface area contributed by atoms with Crippen molar-refractivity contribution >= 4 is 57.9 Å². The van der Waals surface area contributed by atoms with Crippen molar-refractivity contribution in [3.8, 4) is 0 Å². The van der Waals surface area contributed by atoms with Crippen LogP contribution in [0.2, 0.25) is 10.0 Å². The van der Waals surface area contributed by atoms with Gasteiger partial charge in [0.25, 0.3) is 0 Å². The Morgan fingerprint density at radius 2 is 1.89 bits per heavy atom.